The van der Waals surface area contributed by atoms with E-state index in [-0.39, 0.29) is 22.7 Å². The van der Waals surface area contributed by atoms with Gasteiger partial charge in [-0.1, -0.05) is 0 Å². The van der Waals surface area contributed by atoms with Gasteiger partial charge in [-0.05, 0) is 112 Å². The number of thioether (sulfide) groups is 1. The highest BCUT2D eigenvalue weighted by Gasteiger charge is 2.30. The zero-order valence-electron chi connectivity index (χ0n) is 21.2. The van der Waals surface area contributed by atoms with Gasteiger partial charge in [0.1, 0.15) is 0 Å². The highest BCUT2D eigenvalue weighted by Crippen LogP contribution is 2.37. The van der Waals surface area contributed by atoms with Crippen molar-refractivity contribution in [3.8, 4) is 0 Å². The van der Waals surface area contributed by atoms with E-state index in [9.17, 15) is 26.3 Å². The van der Waals surface area contributed by atoms with Gasteiger partial charge in [0.05, 0.1) is 5.56 Å². The molecule has 0 amide bonds. The molecule has 0 spiro atoms. The second-order valence-electron chi connectivity index (χ2n) is 9.94. The van der Waals surface area contributed by atoms with Crippen molar-refractivity contribution in [2.75, 3.05) is 62.6 Å². The summed E-state index contributed by atoms with van der Waals surface area (Å²) in [6.07, 6.45) is -0.205. The van der Waals surface area contributed by atoms with E-state index in [0.29, 0.717) is 0 Å². The maximum absolute atomic E-state index is 12.8. The van der Waals surface area contributed by atoms with E-state index in [0.717, 1.165) is 102 Å². The Bertz CT molecular complexity index is 997. The van der Waals surface area contributed by atoms with Crippen LogP contribution in [0.4, 0.5) is 37.7 Å². The van der Waals surface area contributed by atoms with Crippen LogP contribution in [-0.2, 0) is 6.18 Å². The van der Waals surface area contributed by atoms with Crippen LogP contribution in [0.25, 0.3) is 0 Å². The summed E-state index contributed by atoms with van der Waals surface area (Å²) in [6.45, 7) is 7.39. The van der Waals surface area contributed by atoms with Crippen LogP contribution in [0.1, 0.15) is 31.2 Å². The fourth-order valence-electron chi connectivity index (χ4n) is 5.20. The first-order valence-corrected chi connectivity index (χ1v) is 13.9. The molecule has 2 saturated heterocycles. The van der Waals surface area contributed by atoms with Crippen molar-refractivity contribution >= 4 is 23.1 Å². The SMILES string of the molecule is FC(F)(F)Sc1ccc(NC2CCCN(CCCN3CCCN(c4ccc(C(F)(F)F)cc4)CC3)C2)cc1. The Labute approximate surface area is 224 Å². The van der Waals surface area contributed by atoms with Gasteiger partial charge in [0.15, 0.2) is 0 Å². The number of anilines is 2. The average Bonchev–Trinajstić information content (AvgIpc) is 3.10. The lowest BCUT2D eigenvalue weighted by Gasteiger charge is -2.34. The molecule has 1 atom stereocenters. The molecule has 2 aromatic carbocycles. The highest BCUT2D eigenvalue weighted by atomic mass is 32.2. The Morgan fingerprint density at radius 2 is 1.45 bits per heavy atom. The summed E-state index contributed by atoms with van der Waals surface area (Å²) >= 11 is -0.102. The number of rotatable bonds is 8. The third kappa shape index (κ3) is 8.98. The molecule has 2 fully saturated rings. The smallest absolute Gasteiger partial charge is 0.381 e. The first-order valence-electron chi connectivity index (χ1n) is 13.0. The maximum Gasteiger partial charge on any atom is 0.446 e. The summed E-state index contributed by atoms with van der Waals surface area (Å²) in [5.74, 6) is 0. The first kappa shape index (κ1) is 28.9. The Kier molecular flexibility index (Phi) is 9.75. The first-order chi connectivity index (χ1) is 18.0. The number of halogens is 6. The second-order valence-corrected chi connectivity index (χ2v) is 11.1. The Hall–Kier alpha value is -2.11. The number of piperidine rings is 1. The molecule has 1 unspecified atom stereocenters. The molecule has 1 N–H and O–H groups in total. The fourth-order valence-corrected chi connectivity index (χ4v) is 5.74. The number of nitrogens with zero attached hydrogens (tertiary/aromatic N) is 3. The summed E-state index contributed by atoms with van der Waals surface area (Å²) < 4.78 is 76.2. The monoisotopic (exact) mass is 560 g/mol. The van der Waals surface area contributed by atoms with Crippen LogP contribution in [0.3, 0.4) is 0 Å². The molecule has 0 saturated carbocycles. The van der Waals surface area contributed by atoms with Crippen LogP contribution in [0.5, 0.6) is 0 Å². The quantitative estimate of drug-likeness (QED) is 0.283. The standard InChI is InChI=1S/C27H34F6N4S/c28-26(29,30)21-5-9-24(10-6-21)37-17-3-15-35(18-19-37)14-2-16-36-13-1-4-23(20-36)34-22-7-11-25(12-8-22)38-27(31,32)33/h5-12,23,34H,1-4,13-20H2. The summed E-state index contributed by atoms with van der Waals surface area (Å²) in [4.78, 5) is 7.23. The van der Waals surface area contributed by atoms with Gasteiger partial charge in [0.25, 0.3) is 0 Å². The Morgan fingerprint density at radius 3 is 2.13 bits per heavy atom. The van der Waals surface area contributed by atoms with E-state index in [2.05, 4.69) is 20.0 Å². The van der Waals surface area contributed by atoms with Crippen LogP contribution >= 0.6 is 11.8 Å². The van der Waals surface area contributed by atoms with Crippen LogP contribution in [0.2, 0.25) is 0 Å². The lowest BCUT2D eigenvalue weighted by molar-refractivity contribution is -0.137. The molecular formula is C27H34F6N4S. The normalized spacial score (nSPS) is 20.4. The van der Waals surface area contributed by atoms with Crippen molar-refractivity contribution in [2.24, 2.45) is 0 Å². The Morgan fingerprint density at radius 1 is 0.763 bits per heavy atom. The number of nitrogens with one attached hydrogen (secondary N) is 1. The maximum atomic E-state index is 12.8. The highest BCUT2D eigenvalue weighted by molar-refractivity contribution is 8.00. The molecule has 210 valence electrons. The molecule has 38 heavy (non-hydrogen) atoms. The van der Waals surface area contributed by atoms with Gasteiger partial charge in [-0.2, -0.15) is 26.3 Å². The van der Waals surface area contributed by atoms with E-state index >= 15 is 0 Å². The second kappa shape index (κ2) is 12.8. The molecule has 4 rings (SSSR count). The van der Waals surface area contributed by atoms with Crippen LogP contribution in [-0.4, -0.2) is 73.7 Å². The zero-order chi connectivity index (χ0) is 27.2. The van der Waals surface area contributed by atoms with Crippen LogP contribution in [0, 0.1) is 0 Å². The van der Waals surface area contributed by atoms with Crippen LogP contribution in [0.15, 0.2) is 53.4 Å². The van der Waals surface area contributed by atoms with Crippen molar-refractivity contribution in [1.29, 1.82) is 0 Å². The lowest BCUT2D eigenvalue weighted by Crippen LogP contribution is -2.43. The number of benzene rings is 2. The van der Waals surface area contributed by atoms with Gasteiger partial charge in [-0.3, -0.25) is 0 Å². The van der Waals surface area contributed by atoms with Crippen molar-refractivity contribution in [3.63, 3.8) is 0 Å². The molecule has 0 bridgehead atoms. The van der Waals surface area contributed by atoms with Gasteiger partial charge in [-0.15, -0.1) is 0 Å². The molecule has 2 aromatic rings. The number of alkyl halides is 6. The molecule has 0 aliphatic carbocycles. The van der Waals surface area contributed by atoms with E-state index < -0.39 is 17.2 Å². The van der Waals surface area contributed by atoms with Gasteiger partial charge >= 0.3 is 11.7 Å². The minimum absolute atomic E-state index is 0.102. The van der Waals surface area contributed by atoms with Gasteiger partial charge in [0.2, 0.25) is 0 Å². The fraction of sp³-hybridized carbons (Fsp3) is 0.556. The summed E-state index contributed by atoms with van der Waals surface area (Å²) in [5, 5.41) is 3.47. The van der Waals surface area contributed by atoms with E-state index in [4.69, 9.17) is 0 Å². The molecule has 2 aliphatic heterocycles. The molecule has 0 aromatic heterocycles. The molecule has 2 aliphatic rings. The van der Waals surface area contributed by atoms with Crippen molar-refractivity contribution in [1.82, 2.24) is 9.80 Å². The van der Waals surface area contributed by atoms with Gasteiger partial charge in [-0.25, -0.2) is 0 Å². The molecule has 2 heterocycles. The average molecular weight is 561 g/mol. The van der Waals surface area contributed by atoms with E-state index in [1.54, 1.807) is 24.3 Å². The number of hydrogen-bond acceptors (Lipinski definition) is 5. The third-order valence-corrected chi connectivity index (χ3v) is 7.80. The van der Waals surface area contributed by atoms with Gasteiger partial charge in [0, 0.05) is 48.5 Å². The summed E-state index contributed by atoms with van der Waals surface area (Å²) in [7, 11) is 0. The number of hydrogen-bond donors (Lipinski definition) is 1. The predicted molar refractivity (Wildman–Crippen MR) is 141 cm³/mol. The Balaban J connectivity index is 1.17. The zero-order valence-corrected chi connectivity index (χ0v) is 22.0. The van der Waals surface area contributed by atoms with E-state index in [1.807, 2.05) is 0 Å². The molecule has 4 nitrogen and oxygen atoms in total. The lowest BCUT2D eigenvalue weighted by atomic mass is 10.0. The number of likely N-dealkylation sites (tertiary alicyclic amines) is 1. The van der Waals surface area contributed by atoms with Crippen molar-refractivity contribution < 1.29 is 26.3 Å². The minimum Gasteiger partial charge on any atom is -0.381 e. The third-order valence-electron chi connectivity index (χ3n) is 7.06. The van der Waals surface area contributed by atoms with Crippen molar-refractivity contribution in [2.45, 2.75) is 48.3 Å². The summed E-state index contributed by atoms with van der Waals surface area (Å²) in [5.41, 5.74) is -3.23. The molecular weight excluding hydrogens is 526 g/mol. The topological polar surface area (TPSA) is 21.8 Å². The molecule has 0 radical (unpaired) electrons. The van der Waals surface area contributed by atoms with Crippen LogP contribution < -0.4 is 10.2 Å². The van der Waals surface area contributed by atoms with Gasteiger partial charge < -0.3 is 20.0 Å². The molecule has 11 heteroatoms. The summed E-state index contributed by atoms with van der Waals surface area (Å²) in [6, 6.07) is 12.1. The van der Waals surface area contributed by atoms with Crippen molar-refractivity contribution in [3.05, 3.63) is 54.1 Å². The largest absolute Gasteiger partial charge is 0.446 e. The van der Waals surface area contributed by atoms with E-state index in [1.165, 1.54) is 12.1 Å². The minimum atomic E-state index is -4.32. The predicted octanol–water partition coefficient (Wildman–Crippen LogP) is 6.80.